The Morgan fingerprint density at radius 3 is 2.82 bits per heavy atom. The number of rotatable bonds is 5. The number of nitrogens with zero attached hydrogens (tertiary/aromatic N) is 3. The number of benzene rings is 1. The predicted octanol–water partition coefficient (Wildman–Crippen LogP) is 1.63. The third-order valence-corrected chi connectivity index (χ3v) is 2.26. The van der Waals surface area contributed by atoms with Crippen molar-refractivity contribution < 1.29 is 4.39 Å². The van der Waals surface area contributed by atoms with E-state index in [1.807, 2.05) is 6.07 Å². The lowest BCUT2D eigenvalue weighted by Gasteiger charge is -2.05. The summed E-state index contributed by atoms with van der Waals surface area (Å²) < 4.78 is 15.0. The minimum absolute atomic E-state index is 0. The van der Waals surface area contributed by atoms with E-state index in [2.05, 4.69) is 15.4 Å². The third-order valence-electron chi connectivity index (χ3n) is 2.26. The normalized spacial score (nSPS) is 9.94. The second-order valence-electron chi connectivity index (χ2n) is 3.43. The van der Waals surface area contributed by atoms with Crippen LogP contribution in [-0.4, -0.2) is 21.3 Å². The lowest BCUT2D eigenvalue weighted by molar-refractivity contribution is 0.539. The Hall–Kier alpha value is -1.46. The summed E-state index contributed by atoms with van der Waals surface area (Å²) in [6, 6.07) is 6.76. The molecule has 0 bridgehead atoms. The number of hydrogen-bond donors (Lipinski definition) is 1. The lowest BCUT2D eigenvalue weighted by Crippen LogP contribution is -2.20. The average molecular weight is 257 g/mol. The molecule has 1 aromatic carbocycles. The molecule has 1 aromatic heterocycles. The van der Waals surface area contributed by atoms with Gasteiger partial charge in [-0.1, -0.05) is 18.2 Å². The Morgan fingerprint density at radius 1 is 1.29 bits per heavy atom. The minimum atomic E-state index is -0.171. The van der Waals surface area contributed by atoms with Crippen LogP contribution in [0.4, 0.5) is 4.39 Å². The standard InChI is InChI=1S/C11H13FN4.ClH/c12-11-4-2-1-3-10(11)7-13-5-6-16-9-14-8-15-16;/h1-4,8-9,13H,5-7H2;1H. The Kier molecular flexibility index (Phi) is 5.59. The maximum atomic E-state index is 13.2. The maximum Gasteiger partial charge on any atom is 0.137 e. The quantitative estimate of drug-likeness (QED) is 0.827. The van der Waals surface area contributed by atoms with E-state index in [4.69, 9.17) is 0 Å². The van der Waals surface area contributed by atoms with E-state index in [1.165, 1.54) is 12.4 Å². The summed E-state index contributed by atoms with van der Waals surface area (Å²) in [5, 5.41) is 7.12. The van der Waals surface area contributed by atoms with Gasteiger partial charge in [-0.3, -0.25) is 4.68 Å². The molecule has 92 valence electrons. The molecule has 0 unspecified atom stereocenters. The first kappa shape index (κ1) is 13.6. The molecule has 0 radical (unpaired) electrons. The van der Waals surface area contributed by atoms with Crippen LogP contribution < -0.4 is 5.32 Å². The van der Waals surface area contributed by atoms with Gasteiger partial charge in [0.1, 0.15) is 18.5 Å². The number of nitrogens with one attached hydrogen (secondary N) is 1. The summed E-state index contributed by atoms with van der Waals surface area (Å²) in [4.78, 5) is 3.84. The second-order valence-corrected chi connectivity index (χ2v) is 3.43. The minimum Gasteiger partial charge on any atom is -0.311 e. The van der Waals surface area contributed by atoms with Gasteiger partial charge in [-0.2, -0.15) is 5.10 Å². The zero-order valence-electron chi connectivity index (χ0n) is 9.21. The van der Waals surface area contributed by atoms with E-state index in [9.17, 15) is 4.39 Å². The largest absolute Gasteiger partial charge is 0.311 e. The SMILES string of the molecule is Cl.Fc1ccccc1CNCCn1cncn1. The van der Waals surface area contributed by atoms with Crippen molar-refractivity contribution in [3.8, 4) is 0 Å². The van der Waals surface area contributed by atoms with Gasteiger partial charge in [0.15, 0.2) is 0 Å². The average Bonchev–Trinajstić information content (AvgIpc) is 2.79. The highest BCUT2D eigenvalue weighted by atomic mass is 35.5. The first-order chi connectivity index (χ1) is 7.86. The van der Waals surface area contributed by atoms with Gasteiger partial charge >= 0.3 is 0 Å². The van der Waals surface area contributed by atoms with Gasteiger partial charge in [-0.05, 0) is 6.07 Å². The topological polar surface area (TPSA) is 42.7 Å². The predicted molar refractivity (Wildman–Crippen MR) is 65.4 cm³/mol. The molecule has 0 amide bonds. The summed E-state index contributed by atoms with van der Waals surface area (Å²) in [5.74, 6) is -0.171. The highest BCUT2D eigenvalue weighted by molar-refractivity contribution is 5.85. The van der Waals surface area contributed by atoms with Gasteiger partial charge in [0.05, 0.1) is 6.54 Å². The fraction of sp³-hybridized carbons (Fsp3) is 0.273. The van der Waals surface area contributed by atoms with Gasteiger partial charge in [0.25, 0.3) is 0 Å². The first-order valence-corrected chi connectivity index (χ1v) is 5.13. The molecule has 0 fully saturated rings. The Morgan fingerprint density at radius 2 is 2.12 bits per heavy atom. The van der Waals surface area contributed by atoms with Gasteiger partial charge in [-0.25, -0.2) is 9.37 Å². The van der Waals surface area contributed by atoms with E-state index in [0.29, 0.717) is 12.1 Å². The molecule has 0 aliphatic carbocycles. The molecular formula is C11H14ClFN4. The molecule has 4 nitrogen and oxygen atoms in total. The molecule has 0 atom stereocenters. The van der Waals surface area contributed by atoms with Crippen molar-refractivity contribution in [1.82, 2.24) is 20.1 Å². The molecule has 2 aromatic rings. The van der Waals surface area contributed by atoms with Crippen LogP contribution in [0, 0.1) is 5.82 Å². The third kappa shape index (κ3) is 4.13. The van der Waals surface area contributed by atoms with Gasteiger partial charge in [-0.15, -0.1) is 12.4 Å². The number of halogens is 2. The van der Waals surface area contributed by atoms with E-state index >= 15 is 0 Å². The molecule has 0 spiro atoms. The van der Waals surface area contributed by atoms with Crippen LogP contribution in [0.3, 0.4) is 0 Å². The molecule has 0 saturated heterocycles. The van der Waals surface area contributed by atoms with Crippen LogP contribution >= 0.6 is 12.4 Å². The summed E-state index contributed by atoms with van der Waals surface area (Å²) in [6.07, 6.45) is 3.15. The smallest absolute Gasteiger partial charge is 0.137 e. The van der Waals surface area contributed by atoms with Gasteiger partial charge in [0, 0.05) is 18.7 Å². The van der Waals surface area contributed by atoms with Gasteiger partial charge in [0.2, 0.25) is 0 Å². The van der Waals surface area contributed by atoms with Gasteiger partial charge < -0.3 is 5.32 Å². The highest BCUT2D eigenvalue weighted by Gasteiger charge is 1.99. The Labute approximate surface area is 105 Å². The molecule has 0 aliphatic rings. The van der Waals surface area contributed by atoms with Crippen molar-refractivity contribution in [3.63, 3.8) is 0 Å². The Bertz CT molecular complexity index is 433. The first-order valence-electron chi connectivity index (χ1n) is 5.13. The molecule has 1 heterocycles. The summed E-state index contributed by atoms with van der Waals surface area (Å²) in [7, 11) is 0. The molecule has 2 rings (SSSR count). The molecule has 6 heteroatoms. The molecule has 1 N–H and O–H groups in total. The van der Waals surface area contributed by atoms with Crippen LogP contribution in [0.15, 0.2) is 36.9 Å². The molecule has 17 heavy (non-hydrogen) atoms. The van der Waals surface area contributed by atoms with Crippen molar-refractivity contribution in [3.05, 3.63) is 48.3 Å². The van der Waals surface area contributed by atoms with E-state index in [-0.39, 0.29) is 18.2 Å². The van der Waals surface area contributed by atoms with Crippen LogP contribution in [0.1, 0.15) is 5.56 Å². The number of aromatic nitrogens is 3. The molecule has 0 saturated carbocycles. The van der Waals surface area contributed by atoms with Crippen molar-refractivity contribution in [2.24, 2.45) is 0 Å². The van der Waals surface area contributed by atoms with Crippen LogP contribution in [0.2, 0.25) is 0 Å². The van der Waals surface area contributed by atoms with Crippen molar-refractivity contribution in [2.75, 3.05) is 6.54 Å². The van der Waals surface area contributed by atoms with Crippen molar-refractivity contribution >= 4 is 12.4 Å². The fourth-order valence-corrected chi connectivity index (χ4v) is 1.41. The van der Waals surface area contributed by atoms with Crippen LogP contribution in [0.5, 0.6) is 0 Å². The molecular weight excluding hydrogens is 243 g/mol. The number of hydrogen-bond acceptors (Lipinski definition) is 3. The lowest BCUT2D eigenvalue weighted by atomic mass is 10.2. The van der Waals surface area contributed by atoms with Crippen molar-refractivity contribution in [2.45, 2.75) is 13.1 Å². The fourth-order valence-electron chi connectivity index (χ4n) is 1.41. The summed E-state index contributed by atoms with van der Waals surface area (Å²) in [6.45, 7) is 1.99. The summed E-state index contributed by atoms with van der Waals surface area (Å²) >= 11 is 0. The van der Waals surface area contributed by atoms with E-state index in [1.54, 1.807) is 23.1 Å². The van der Waals surface area contributed by atoms with Crippen molar-refractivity contribution in [1.29, 1.82) is 0 Å². The second kappa shape index (κ2) is 6.98. The van der Waals surface area contributed by atoms with E-state index in [0.717, 1.165) is 13.1 Å². The maximum absolute atomic E-state index is 13.2. The zero-order chi connectivity index (χ0) is 11.2. The Balaban J connectivity index is 0.00000144. The highest BCUT2D eigenvalue weighted by Crippen LogP contribution is 2.04. The summed E-state index contributed by atoms with van der Waals surface area (Å²) in [5.41, 5.74) is 0.682. The zero-order valence-corrected chi connectivity index (χ0v) is 10.0. The molecule has 0 aliphatic heterocycles. The van der Waals surface area contributed by atoms with Crippen LogP contribution in [-0.2, 0) is 13.1 Å². The van der Waals surface area contributed by atoms with Crippen LogP contribution in [0.25, 0.3) is 0 Å². The monoisotopic (exact) mass is 256 g/mol. The van der Waals surface area contributed by atoms with E-state index < -0.39 is 0 Å².